The number of hydrogen-bond acceptors (Lipinski definition) is 2. The van der Waals surface area contributed by atoms with Crippen LogP contribution >= 0.6 is 24.8 Å². The lowest BCUT2D eigenvalue weighted by atomic mass is 9.76. The third-order valence-corrected chi connectivity index (χ3v) is 4.79. The van der Waals surface area contributed by atoms with Gasteiger partial charge in [0, 0.05) is 37.8 Å². The molecular formula is C16H22Cl2F4N2. The highest BCUT2D eigenvalue weighted by Crippen LogP contribution is 2.43. The van der Waals surface area contributed by atoms with Crippen molar-refractivity contribution >= 4 is 24.8 Å². The Morgan fingerprint density at radius 1 is 1.08 bits per heavy atom. The molecule has 1 saturated carbocycles. The summed E-state index contributed by atoms with van der Waals surface area (Å²) in [6.07, 6.45) is -1.33. The molecule has 2 fully saturated rings. The minimum Gasteiger partial charge on any atom is -0.314 e. The molecule has 1 aromatic rings. The number of halogens is 6. The van der Waals surface area contributed by atoms with Crippen LogP contribution < -0.4 is 5.32 Å². The first-order valence-corrected chi connectivity index (χ1v) is 7.78. The van der Waals surface area contributed by atoms with E-state index in [9.17, 15) is 17.6 Å². The van der Waals surface area contributed by atoms with Crippen molar-refractivity contribution in [2.75, 3.05) is 26.2 Å². The maximum Gasteiger partial charge on any atom is 0.416 e. The Hall–Kier alpha value is -0.560. The zero-order chi connectivity index (χ0) is 15.7. The van der Waals surface area contributed by atoms with E-state index in [1.165, 1.54) is 6.07 Å². The Kier molecular flexibility index (Phi) is 7.78. The Morgan fingerprint density at radius 3 is 2.17 bits per heavy atom. The van der Waals surface area contributed by atoms with Crippen LogP contribution in [-0.2, 0) is 6.18 Å². The van der Waals surface area contributed by atoms with Gasteiger partial charge in [0.2, 0.25) is 0 Å². The van der Waals surface area contributed by atoms with Crippen LogP contribution in [-0.4, -0.2) is 31.1 Å². The molecule has 1 aliphatic heterocycles. The molecule has 0 aromatic heterocycles. The molecule has 0 unspecified atom stereocenters. The quantitative estimate of drug-likeness (QED) is 0.770. The highest BCUT2D eigenvalue weighted by Gasteiger charge is 2.37. The van der Waals surface area contributed by atoms with Gasteiger partial charge in [0.15, 0.2) is 0 Å². The molecule has 0 amide bonds. The van der Waals surface area contributed by atoms with E-state index in [-0.39, 0.29) is 30.9 Å². The smallest absolute Gasteiger partial charge is 0.314 e. The van der Waals surface area contributed by atoms with Gasteiger partial charge in [-0.25, -0.2) is 4.39 Å². The molecule has 1 heterocycles. The maximum absolute atomic E-state index is 14.4. The van der Waals surface area contributed by atoms with E-state index in [1.807, 2.05) is 0 Å². The normalized spacial score (nSPS) is 20.5. The molecule has 1 N–H and O–H groups in total. The van der Waals surface area contributed by atoms with Crippen LogP contribution in [0.3, 0.4) is 0 Å². The number of piperazine rings is 1. The van der Waals surface area contributed by atoms with Crippen molar-refractivity contribution in [2.45, 2.75) is 31.5 Å². The summed E-state index contributed by atoms with van der Waals surface area (Å²) >= 11 is 0. The molecule has 0 radical (unpaired) electrons. The molecular weight excluding hydrogens is 367 g/mol. The highest BCUT2D eigenvalue weighted by molar-refractivity contribution is 5.85. The van der Waals surface area contributed by atoms with Crippen molar-refractivity contribution in [3.63, 3.8) is 0 Å². The van der Waals surface area contributed by atoms with Gasteiger partial charge in [-0.3, -0.25) is 4.90 Å². The monoisotopic (exact) mass is 388 g/mol. The van der Waals surface area contributed by atoms with E-state index >= 15 is 0 Å². The third kappa shape index (κ3) is 4.54. The van der Waals surface area contributed by atoms with Crippen molar-refractivity contribution in [1.29, 1.82) is 0 Å². The average Bonchev–Trinajstić information content (AvgIpc) is 2.43. The van der Waals surface area contributed by atoms with Gasteiger partial charge in [0.05, 0.1) is 5.56 Å². The van der Waals surface area contributed by atoms with Crippen molar-refractivity contribution in [1.82, 2.24) is 10.2 Å². The van der Waals surface area contributed by atoms with Gasteiger partial charge >= 0.3 is 6.18 Å². The van der Waals surface area contributed by atoms with Gasteiger partial charge in [0.25, 0.3) is 0 Å². The van der Waals surface area contributed by atoms with Crippen molar-refractivity contribution in [3.8, 4) is 0 Å². The van der Waals surface area contributed by atoms with Crippen LogP contribution in [0, 0.1) is 11.7 Å². The molecule has 0 bridgehead atoms. The molecule has 24 heavy (non-hydrogen) atoms. The van der Waals surface area contributed by atoms with Crippen LogP contribution in [0.2, 0.25) is 0 Å². The van der Waals surface area contributed by atoms with Crippen molar-refractivity contribution < 1.29 is 17.6 Å². The first-order valence-electron chi connectivity index (χ1n) is 7.78. The number of alkyl halides is 3. The molecule has 8 heteroatoms. The van der Waals surface area contributed by atoms with Crippen LogP contribution in [0.4, 0.5) is 17.6 Å². The minimum absolute atomic E-state index is 0. The van der Waals surface area contributed by atoms with Crippen LogP contribution in [0.25, 0.3) is 0 Å². The van der Waals surface area contributed by atoms with Crippen molar-refractivity contribution in [2.24, 2.45) is 5.92 Å². The fraction of sp³-hybridized carbons (Fsp3) is 0.625. The summed E-state index contributed by atoms with van der Waals surface area (Å²) in [6, 6.07) is 2.89. The van der Waals surface area contributed by atoms with E-state index in [0.29, 0.717) is 17.5 Å². The summed E-state index contributed by atoms with van der Waals surface area (Å²) < 4.78 is 52.5. The number of benzene rings is 1. The second-order valence-corrected chi connectivity index (χ2v) is 6.16. The number of rotatable bonds is 3. The molecule has 1 atom stereocenters. The van der Waals surface area contributed by atoms with Crippen LogP contribution in [0.15, 0.2) is 18.2 Å². The average molecular weight is 389 g/mol. The molecule has 1 aliphatic carbocycles. The van der Waals surface area contributed by atoms with Gasteiger partial charge < -0.3 is 5.32 Å². The van der Waals surface area contributed by atoms with E-state index in [1.54, 1.807) is 0 Å². The van der Waals surface area contributed by atoms with E-state index < -0.39 is 17.6 Å². The number of nitrogens with zero attached hydrogens (tertiary/aromatic N) is 1. The third-order valence-electron chi connectivity index (χ3n) is 4.79. The predicted octanol–water partition coefficient (Wildman–Crippen LogP) is 4.43. The zero-order valence-electron chi connectivity index (χ0n) is 13.1. The molecule has 2 nitrogen and oxygen atoms in total. The van der Waals surface area contributed by atoms with Crippen LogP contribution in [0.5, 0.6) is 0 Å². The summed E-state index contributed by atoms with van der Waals surface area (Å²) in [5, 5.41) is 3.26. The number of nitrogens with one attached hydrogen (secondary N) is 1. The molecule has 1 aromatic carbocycles. The summed E-state index contributed by atoms with van der Waals surface area (Å²) in [5.74, 6) is -0.380. The summed E-state index contributed by atoms with van der Waals surface area (Å²) in [7, 11) is 0. The molecule has 2 aliphatic rings. The Labute approximate surface area is 151 Å². The minimum atomic E-state index is -4.50. The first kappa shape index (κ1) is 21.5. The van der Waals surface area contributed by atoms with E-state index in [4.69, 9.17) is 0 Å². The summed E-state index contributed by atoms with van der Waals surface area (Å²) in [4.78, 5) is 2.21. The van der Waals surface area contributed by atoms with E-state index in [2.05, 4.69) is 10.2 Å². The molecule has 0 spiro atoms. The molecule has 1 saturated heterocycles. The molecule has 138 valence electrons. The lowest BCUT2D eigenvalue weighted by Crippen LogP contribution is -2.48. The SMILES string of the molecule is Cl.Cl.Fc1cc(C(F)(F)F)ccc1[C@@H](C1CCC1)N1CCNCC1. The maximum atomic E-state index is 14.4. The lowest BCUT2D eigenvalue weighted by molar-refractivity contribution is -0.137. The first-order chi connectivity index (χ1) is 10.5. The second-order valence-electron chi connectivity index (χ2n) is 6.16. The molecule has 3 rings (SSSR count). The largest absolute Gasteiger partial charge is 0.416 e. The fourth-order valence-electron chi connectivity index (χ4n) is 3.41. The standard InChI is InChI=1S/C16H20F4N2.2ClH/c17-14-10-12(16(18,19)20)4-5-13(14)15(11-2-1-3-11)22-8-6-21-7-9-22;;/h4-5,10-11,15,21H,1-3,6-9H2;2*1H/t15-;;/m1../s1. The fourth-order valence-corrected chi connectivity index (χ4v) is 3.41. The van der Waals surface area contributed by atoms with Crippen molar-refractivity contribution in [3.05, 3.63) is 35.1 Å². The topological polar surface area (TPSA) is 15.3 Å². The summed E-state index contributed by atoms with van der Waals surface area (Å²) in [6.45, 7) is 3.29. The highest BCUT2D eigenvalue weighted by atomic mass is 35.5. The Morgan fingerprint density at radius 2 is 1.71 bits per heavy atom. The number of hydrogen-bond donors (Lipinski definition) is 1. The van der Waals surface area contributed by atoms with Gasteiger partial charge in [-0.15, -0.1) is 24.8 Å². The second kappa shape index (κ2) is 8.70. The predicted molar refractivity (Wildman–Crippen MR) is 90.4 cm³/mol. The van der Waals surface area contributed by atoms with Gasteiger partial charge in [0.1, 0.15) is 5.82 Å². The van der Waals surface area contributed by atoms with E-state index in [0.717, 1.165) is 51.5 Å². The van der Waals surface area contributed by atoms with Gasteiger partial charge in [-0.1, -0.05) is 12.5 Å². The van der Waals surface area contributed by atoms with Gasteiger partial charge in [-0.2, -0.15) is 13.2 Å². The van der Waals surface area contributed by atoms with Gasteiger partial charge in [-0.05, 0) is 30.9 Å². The lowest BCUT2D eigenvalue weighted by Gasteiger charge is -2.43. The Balaban J connectivity index is 0.00000144. The zero-order valence-corrected chi connectivity index (χ0v) is 14.7. The van der Waals surface area contributed by atoms with Crippen LogP contribution in [0.1, 0.15) is 36.4 Å². The summed E-state index contributed by atoms with van der Waals surface area (Å²) in [5.41, 5.74) is -0.499. The Bertz CT molecular complexity index is 529.